The second-order valence-corrected chi connectivity index (χ2v) is 15.4. The lowest BCUT2D eigenvalue weighted by atomic mass is 9.97. The monoisotopic (exact) mass is 809 g/mol. The van der Waals surface area contributed by atoms with E-state index in [1.807, 2.05) is 53.4 Å². The molecule has 0 spiro atoms. The number of carbonyl (C=O) groups excluding carboxylic acids is 3. The van der Waals surface area contributed by atoms with E-state index in [0.717, 1.165) is 52.9 Å². The molecule has 7 aromatic rings. The highest BCUT2D eigenvalue weighted by Crippen LogP contribution is 2.36. The van der Waals surface area contributed by atoms with E-state index in [0.29, 0.717) is 53.4 Å². The van der Waals surface area contributed by atoms with Crippen molar-refractivity contribution in [2.75, 3.05) is 13.1 Å². The van der Waals surface area contributed by atoms with E-state index in [1.165, 1.54) is 0 Å². The fourth-order valence-electron chi connectivity index (χ4n) is 8.59. The van der Waals surface area contributed by atoms with Crippen LogP contribution in [0.3, 0.4) is 0 Å². The van der Waals surface area contributed by atoms with Gasteiger partial charge in [0.15, 0.2) is 5.78 Å². The highest BCUT2D eigenvalue weighted by molar-refractivity contribution is 6.15. The van der Waals surface area contributed by atoms with Gasteiger partial charge in [0, 0.05) is 24.2 Å². The molecule has 4 N–H and O–H groups in total. The van der Waals surface area contributed by atoms with Crippen LogP contribution in [0.2, 0.25) is 0 Å². The van der Waals surface area contributed by atoms with Crippen LogP contribution in [-0.4, -0.2) is 71.6 Å². The lowest BCUT2D eigenvalue weighted by Crippen LogP contribution is -2.42. The summed E-state index contributed by atoms with van der Waals surface area (Å²) in [6, 6.07) is 39.8. The first-order chi connectivity index (χ1) is 29.8. The number of benzene rings is 5. The zero-order valence-electron chi connectivity index (χ0n) is 33.2. The van der Waals surface area contributed by atoms with E-state index in [-0.39, 0.29) is 29.7 Å². The summed E-state index contributed by atoms with van der Waals surface area (Å²) in [5.41, 5.74) is 7.57. The fraction of sp³-hybridized carbons (Fsp3) is 0.184. The molecule has 9 rings (SSSR count). The van der Waals surface area contributed by atoms with Crippen molar-refractivity contribution in [3.63, 3.8) is 0 Å². The standard InChI is InChI=1S/C49H43N7O5/c57-44(36-13-5-2-6-14-36)37-15-7-8-16-38(37)47(58)55-27-9-17-41(55)45-50-29-39(52-45)33-23-19-31(20-24-33)32-21-25-34(26-22-32)40-30-51-46(53-40)42-18-10-28-56(42)48(59)43(54-49(60)61)35-11-3-1-4-12-35/h1-8,11-16,19-26,29-30,41-43,54H,9-10,17-18,27-28H2,(H,50,52)(H,51,53)(H,60,61)/t41-,42-,43+/m0/s1. The summed E-state index contributed by atoms with van der Waals surface area (Å²) >= 11 is 0. The molecule has 3 amide bonds. The number of rotatable bonds is 11. The predicted octanol–water partition coefficient (Wildman–Crippen LogP) is 9.01. The lowest BCUT2D eigenvalue weighted by Gasteiger charge is -2.28. The van der Waals surface area contributed by atoms with E-state index >= 15 is 0 Å². The first kappa shape index (κ1) is 38.9. The maximum Gasteiger partial charge on any atom is 0.405 e. The number of amides is 3. The van der Waals surface area contributed by atoms with E-state index in [9.17, 15) is 24.3 Å². The molecule has 2 aliphatic rings. The quantitative estimate of drug-likeness (QED) is 0.0948. The van der Waals surface area contributed by atoms with E-state index in [4.69, 9.17) is 4.98 Å². The molecule has 2 fully saturated rings. The SMILES string of the molecule is O=C(O)N[C@@H](C(=O)N1CCC[C@H]1c1ncc(-c2ccc(-c3ccc(-c4cnc([C@@H]5CCCN5C(=O)c5ccccc5C(=O)c5ccccc5)[nH]4)cc3)cc2)[nH]1)c1ccccc1. The molecule has 2 saturated heterocycles. The molecule has 61 heavy (non-hydrogen) atoms. The maximum absolute atomic E-state index is 14.0. The number of hydrogen-bond donors (Lipinski definition) is 4. The van der Waals surface area contributed by atoms with Crippen LogP contribution in [-0.2, 0) is 4.79 Å². The maximum atomic E-state index is 14.0. The third-order valence-corrected chi connectivity index (χ3v) is 11.7. The van der Waals surface area contributed by atoms with Crippen molar-refractivity contribution in [3.05, 3.63) is 180 Å². The van der Waals surface area contributed by atoms with Gasteiger partial charge in [0.1, 0.15) is 17.7 Å². The molecule has 4 heterocycles. The van der Waals surface area contributed by atoms with Gasteiger partial charge in [0.05, 0.1) is 41.4 Å². The van der Waals surface area contributed by atoms with Gasteiger partial charge in [0.2, 0.25) is 0 Å². The zero-order chi connectivity index (χ0) is 41.9. The molecule has 0 radical (unpaired) electrons. The van der Waals surface area contributed by atoms with Crippen molar-refractivity contribution in [1.29, 1.82) is 0 Å². The number of carboxylic acid groups (broad SMARTS) is 1. The molecular formula is C49H43N7O5. The number of nitrogens with zero attached hydrogens (tertiary/aromatic N) is 4. The molecule has 304 valence electrons. The number of imidazole rings is 2. The minimum absolute atomic E-state index is 0.179. The first-order valence-corrected chi connectivity index (χ1v) is 20.5. The lowest BCUT2D eigenvalue weighted by molar-refractivity contribution is -0.134. The van der Waals surface area contributed by atoms with Gasteiger partial charge >= 0.3 is 6.09 Å². The number of nitrogens with one attached hydrogen (secondary N) is 3. The average molecular weight is 810 g/mol. The molecule has 5 aromatic carbocycles. The second kappa shape index (κ2) is 16.9. The first-order valence-electron chi connectivity index (χ1n) is 20.5. The Labute approximate surface area is 352 Å². The van der Waals surface area contributed by atoms with Crippen LogP contribution in [0.25, 0.3) is 33.6 Å². The smallest absolute Gasteiger partial charge is 0.405 e. The third kappa shape index (κ3) is 7.95. The third-order valence-electron chi connectivity index (χ3n) is 11.7. The molecule has 3 atom stereocenters. The Balaban J connectivity index is 0.862. The van der Waals surface area contributed by atoms with Gasteiger partial charge < -0.3 is 30.2 Å². The molecule has 2 aliphatic heterocycles. The normalized spacial score (nSPS) is 16.7. The minimum Gasteiger partial charge on any atom is -0.465 e. The summed E-state index contributed by atoms with van der Waals surface area (Å²) in [4.78, 5) is 72.6. The van der Waals surface area contributed by atoms with Gasteiger partial charge in [-0.2, -0.15) is 0 Å². The molecule has 12 heteroatoms. The highest BCUT2D eigenvalue weighted by Gasteiger charge is 2.37. The summed E-state index contributed by atoms with van der Waals surface area (Å²) in [5, 5.41) is 11.9. The van der Waals surface area contributed by atoms with Crippen LogP contribution in [0.4, 0.5) is 4.79 Å². The van der Waals surface area contributed by atoms with Crippen molar-refractivity contribution < 1.29 is 24.3 Å². The van der Waals surface area contributed by atoms with Crippen molar-refractivity contribution >= 4 is 23.7 Å². The Bertz CT molecular complexity index is 2690. The van der Waals surface area contributed by atoms with Crippen LogP contribution in [0.1, 0.15) is 87.3 Å². The number of aromatic nitrogens is 4. The van der Waals surface area contributed by atoms with Gasteiger partial charge in [-0.15, -0.1) is 0 Å². The molecule has 0 aliphatic carbocycles. The topological polar surface area (TPSA) is 164 Å². The van der Waals surface area contributed by atoms with Crippen molar-refractivity contribution in [3.8, 4) is 33.6 Å². The fourth-order valence-corrected chi connectivity index (χ4v) is 8.59. The highest BCUT2D eigenvalue weighted by atomic mass is 16.4. The van der Waals surface area contributed by atoms with Gasteiger partial charge in [-0.3, -0.25) is 14.4 Å². The van der Waals surface area contributed by atoms with Gasteiger partial charge in [-0.25, -0.2) is 14.8 Å². The summed E-state index contributed by atoms with van der Waals surface area (Å²) in [6.07, 6.45) is 5.42. The Morgan fingerprint density at radius 2 is 1.07 bits per heavy atom. The number of hydrogen-bond acceptors (Lipinski definition) is 6. The van der Waals surface area contributed by atoms with Crippen LogP contribution in [0, 0.1) is 0 Å². The number of aromatic amines is 2. The summed E-state index contributed by atoms with van der Waals surface area (Å²) in [6.45, 7) is 1.08. The largest absolute Gasteiger partial charge is 0.465 e. The molecule has 0 unspecified atom stereocenters. The number of likely N-dealkylation sites (tertiary alicyclic amines) is 2. The Hall–Kier alpha value is -7.60. The van der Waals surface area contributed by atoms with Gasteiger partial charge in [-0.05, 0) is 59.6 Å². The van der Waals surface area contributed by atoms with Crippen molar-refractivity contribution in [2.45, 2.75) is 43.8 Å². The van der Waals surface area contributed by atoms with Crippen molar-refractivity contribution in [2.24, 2.45) is 0 Å². The van der Waals surface area contributed by atoms with Crippen LogP contribution >= 0.6 is 0 Å². The van der Waals surface area contributed by atoms with Crippen molar-refractivity contribution in [1.82, 2.24) is 35.1 Å². The van der Waals surface area contributed by atoms with Gasteiger partial charge in [0.25, 0.3) is 11.8 Å². The van der Waals surface area contributed by atoms with Gasteiger partial charge in [-0.1, -0.05) is 127 Å². The number of ketones is 1. The van der Waals surface area contributed by atoms with E-state index in [2.05, 4.69) is 44.5 Å². The van der Waals surface area contributed by atoms with E-state index < -0.39 is 12.1 Å². The summed E-state index contributed by atoms with van der Waals surface area (Å²) in [7, 11) is 0. The zero-order valence-corrected chi connectivity index (χ0v) is 33.2. The summed E-state index contributed by atoms with van der Waals surface area (Å²) in [5.74, 6) is 0.717. The molecular weight excluding hydrogens is 767 g/mol. The minimum atomic E-state index is -1.26. The Kier molecular flexibility index (Phi) is 10.8. The molecule has 0 bridgehead atoms. The molecule has 2 aromatic heterocycles. The molecule has 12 nitrogen and oxygen atoms in total. The van der Waals surface area contributed by atoms with Crippen LogP contribution in [0.15, 0.2) is 146 Å². The Morgan fingerprint density at radius 1 is 0.590 bits per heavy atom. The number of carbonyl (C=O) groups is 4. The average Bonchev–Trinajstić information content (AvgIpc) is 4.16. The Morgan fingerprint density at radius 3 is 1.62 bits per heavy atom. The van der Waals surface area contributed by atoms with Crippen LogP contribution in [0.5, 0.6) is 0 Å². The molecule has 0 saturated carbocycles. The van der Waals surface area contributed by atoms with Crippen LogP contribution < -0.4 is 5.32 Å². The number of H-pyrrole nitrogens is 2. The summed E-state index contributed by atoms with van der Waals surface area (Å²) < 4.78 is 0. The second-order valence-electron chi connectivity index (χ2n) is 15.4. The van der Waals surface area contributed by atoms with E-state index in [1.54, 1.807) is 78.0 Å². The predicted molar refractivity (Wildman–Crippen MR) is 230 cm³/mol.